The number of hydrogen-bond acceptors (Lipinski definition) is 4. The molecule has 0 aliphatic heterocycles. The van der Waals surface area contributed by atoms with Gasteiger partial charge in [0.25, 0.3) is 0 Å². The maximum Gasteiger partial charge on any atom is 0.325 e. The van der Waals surface area contributed by atoms with Crippen LogP contribution < -0.4 is 10.6 Å². The van der Waals surface area contributed by atoms with Crippen molar-refractivity contribution >= 4 is 49.9 Å². The molecular weight excluding hydrogens is 409 g/mol. The fraction of sp³-hybridized carbons (Fsp3) is 0. The lowest BCUT2D eigenvalue weighted by molar-refractivity contribution is 0.103. The summed E-state index contributed by atoms with van der Waals surface area (Å²) in [4.78, 5) is 28.7. The van der Waals surface area contributed by atoms with Crippen LogP contribution >= 0.6 is 27.3 Å². The van der Waals surface area contributed by atoms with Gasteiger partial charge in [0.1, 0.15) is 5.82 Å². The molecule has 0 saturated heterocycles. The highest BCUT2D eigenvalue weighted by Gasteiger charge is 2.19. The van der Waals surface area contributed by atoms with E-state index in [1.807, 2.05) is 0 Å². The van der Waals surface area contributed by atoms with Crippen molar-refractivity contribution in [2.24, 2.45) is 0 Å². The van der Waals surface area contributed by atoms with E-state index < -0.39 is 17.6 Å². The van der Waals surface area contributed by atoms with E-state index in [4.69, 9.17) is 0 Å². The summed E-state index contributed by atoms with van der Waals surface area (Å²) in [6, 6.07) is 9.94. The average molecular weight is 420 g/mol. The first kappa shape index (κ1) is 17.2. The second-order valence-corrected chi connectivity index (χ2v) is 6.73. The van der Waals surface area contributed by atoms with Crippen LogP contribution in [-0.4, -0.2) is 16.8 Å². The van der Waals surface area contributed by atoms with Crippen LogP contribution in [0.5, 0.6) is 0 Å². The van der Waals surface area contributed by atoms with Crippen molar-refractivity contribution in [2.45, 2.75) is 0 Å². The molecule has 2 N–H and O–H groups in total. The Kier molecular flexibility index (Phi) is 5.20. The molecule has 0 spiro atoms. The normalized spacial score (nSPS) is 10.3. The van der Waals surface area contributed by atoms with Gasteiger partial charge in [-0.15, -0.1) is 11.3 Å². The Labute approximate surface area is 155 Å². The average Bonchev–Trinajstić information content (AvgIpc) is 3.09. The number of nitrogens with zero attached hydrogens (tertiary/aromatic N) is 1. The number of halogens is 2. The van der Waals surface area contributed by atoms with Crippen LogP contribution in [0.2, 0.25) is 0 Å². The summed E-state index contributed by atoms with van der Waals surface area (Å²) in [5.74, 6) is -1.14. The highest BCUT2D eigenvalue weighted by atomic mass is 79.9. The predicted molar refractivity (Wildman–Crippen MR) is 98.7 cm³/mol. The van der Waals surface area contributed by atoms with Crippen LogP contribution in [0, 0.1) is 5.82 Å². The second kappa shape index (κ2) is 7.54. The molecule has 8 heteroatoms. The van der Waals surface area contributed by atoms with E-state index in [2.05, 4.69) is 31.5 Å². The Bertz CT molecular complexity index is 931. The number of thiazole rings is 1. The van der Waals surface area contributed by atoms with E-state index in [0.29, 0.717) is 9.60 Å². The predicted octanol–water partition coefficient (Wildman–Crippen LogP) is 4.92. The summed E-state index contributed by atoms with van der Waals surface area (Å²) in [7, 11) is 0. The quantitative estimate of drug-likeness (QED) is 0.589. The maximum absolute atomic E-state index is 13.9. The fourth-order valence-electron chi connectivity index (χ4n) is 2.14. The highest BCUT2D eigenvalue weighted by molar-refractivity contribution is 9.10. The summed E-state index contributed by atoms with van der Waals surface area (Å²) in [6.45, 7) is 0. The van der Waals surface area contributed by atoms with Crippen molar-refractivity contribution in [3.05, 3.63) is 75.5 Å². The first-order valence-corrected chi connectivity index (χ1v) is 8.78. The van der Waals surface area contributed by atoms with Gasteiger partial charge >= 0.3 is 6.03 Å². The van der Waals surface area contributed by atoms with Gasteiger partial charge in [-0.1, -0.05) is 28.1 Å². The largest absolute Gasteiger partial charge is 0.325 e. The van der Waals surface area contributed by atoms with Crippen molar-refractivity contribution in [1.82, 2.24) is 4.98 Å². The van der Waals surface area contributed by atoms with Gasteiger partial charge in [-0.2, -0.15) is 0 Å². The van der Waals surface area contributed by atoms with Crippen LogP contribution in [-0.2, 0) is 0 Å². The maximum atomic E-state index is 13.9. The first-order valence-electron chi connectivity index (χ1n) is 7.11. The number of ketones is 1. The lowest BCUT2D eigenvalue weighted by Gasteiger charge is -2.11. The van der Waals surface area contributed by atoms with Crippen molar-refractivity contribution in [2.75, 3.05) is 10.6 Å². The molecule has 3 aromatic rings. The van der Waals surface area contributed by atoms with Crippen LogP contribution in [0.15, 0.2) is 58.5 Å². The van der Waals surface area contributed by atoms with E-state index >= 15 is 0 Å². The summed E-state index contributed by atoms with van der Waals surface area (Å²) < 4.78 is 14.6. The third-order valence-electron chi connectivity index (χ3n) is 3.25. The Hall–Kier alpha value is -2.58. The SMILES string of the molecule is O=C(Nc1nccs1)Nc1ccc(Br)cc1C(=O)c1ccccc1F. The number of anilines is 2. The highest BCUT2D eigenvalue weighted by Crippen LogP contribution is 2.25. The standard InChI is InChI=1S/C17H11BrFN3O2S/c18-10-5-6-14(21-16(24)22-17-20-7-8-25-17)12(9-10)15(23)11-3-1-2-4-13(11)19/h1-9H,(H2,20,21,22,24). The van der Waals surface area contributed by atoms with Gasteiger partial charge in [0.2, 0.25) is 0 Å². The molecule has 126 valence electrons. The monoisotopic (exact) mass is 419 g/mol. The van der Waals surface area contributed by atoms with Gasteiger partial charge in [-0.05, 0) is 30.3 Å². The molecule has 0 radical (unpaired) electrons. The van der Waals surface area contributed by atoms with Crippen LogP contribution in [0.3, 0.4) is 0 Å². The number of amides is 2. The fourth-order valence-corrected chi connectivity index (χ4v) is 3.02. The third-order valence-corrected chi connectivity index (χ3v) is 4.43. The molecular formula is C17H11BrFN3O2S. The number of aromatic nitrogens is 1. The van der Waals surface area contributed by atoms with Crippen LogP contribution in [0.1, 0.15) is 15.9 Å². The molecule has 0 unspecified atom stereocenters. The third kappa shape index (κ3) is 4.09. The van der Waals surface area contributed by atoms with Gasteiger partial charge in [0.05, 0.1) is 11.3 Å². The molecule has 0 aliphatic carbocycles. The Balaban J connectivity index is 1.89. The topological polar surface area (TPSA) is 71.1 Å². The summed E-state index contributed by atoms with van der Waals surface area (Å²) in [6.07, 6.45) is 1.56. The Morgan fingerprint density at radius 2 is 1.88 bits per heavy atom. The summed E-state index contributed by atoms with van der Waals surface area (Å²) >= 11 is 4.55. The molecule has 2 amide bonds. The van der Waals surface area contributed by atoms with Gasteiger partial charge in [0, 0.05) is 21.6 Å². The molecule has 0 aliphatic rings. The molecule has 5 nitrogen and oxygen atoms in total. The molecule has 1 heterocycles. The number of hydrogen-bond donors (Lipinski definition) is 2. The zero-order valence-corrected chi connectivity index (χ0v) is 15.0. The molecule has 3 rings (SSSR count). The van der Waals surface area contributed by atoms with Crippen molar-refractivity contribution in [1.29, 1.82) is 0 Å². The number of nitrogens with one attached hydrogen (secondary N) is 2. The summed E-state index contributed by atoms with van der Waals surface area (Å²) in [5.41, 5.74) is 0.378. The minimum absolute atomic E-state index is 0.0658. The van der Waals surface area contributed by atoms with Gasteiger partial charge in [-0.25, -0.2) is 14.2 Å². The lowest BCUT2D eigenvalue weighted by Crippen LogP contribution is -2.21. The number of benzene rings is 2. The number of carbonyl (C=O) groups is 2. The van der Waals surface area contributed by atoms with E-state index in [1.54, 1.807) is 29.8 Å². The number of rotatable bonds is 4. The zero-order chi connectivity index (χ0) is 17.8. The molecule has 2 aromatic carbocycles. The van der Waals surface area contributed by atoms with Crippen molar-refractivity contribution < 1.29 is 14.0 Å². The lowest BCUT2D eigenvalue weighted by atomic mass is 10.0. The van der Waals surface area contributed by atoms with Crippen LogP contribution in [0.4, 0.5) is 20.0 Å². The number of urea groups is 1. The molecule has 0 saturated carbocycles. The second-order valence-electron chi connectivity index (χ2n) is 4.92. The van der Waals surface area contributed by atoms with E-state index in [9.17, 15) is 14.0 Å². The molecule has 0 bridgehead atoms. The molecule has 0 atom stereocenters. The van der Waals surface area contributed by atoms with Crippen LogP contribution in [0.25, 0.3) is 0 Å². The minimum Gasteiger partial charge on any atom is -0.307 e. The van der Waals surface area contributed by atoms with E-state index in [-0.39, 0.29) is 16.8 Å². The Morgan fingerprint density at radius 3 is 2.60 bits per heavy atom. The first-order chi connectivity index (χ1) is 12.0. The van der Waals surface area contributed by atoms with Crippen molar-refractivity contribution in [3.63, 3.8) is 0 Å². The van der Waals surface area contributed by atoms with E-state index in [1.165, 1.54) is 35.6 Å². The van der Waals surface area contributed by atoms with Gasteiger partial charge in [-0.3, -0.25) is 10.1 Å². The van der Waals surface area contributed by atoms with E-state index in [0.717, 1.165) is 0 Å². The smallest absolute Gasteiger partial charge is 0.307 e. The van der Waals surface area contributed by atoms with Gasteiger partial charge in [0.15, 0.2) is 10.9 Å². The Morgan fingerprint density at radius 1 is 1.08 bits per heavy atom. The molecule has 1 aromatic heterocycles. The molecule has 25 heavy (non-hydrogen) atoms. The zero-order valence-electron chi connectivity index (χ0n) is 12.6. The molecule has 0 fully saturated rings. The minimum atomic E-state index is -0.620. The van der Waals surface area contributed by atoms with Crippen molar-refractivity contribution in [3.8, 4) is 0 Å². The summed E-state index contributed by atoms with van der Waals surface area (Å²) in [5, 5.41) is 7.31. The number of carbonyl (C=O) groups excluding carboxylic acids is 2. The van der Waals surface area contributed by atoms with Gasteiger partial charge < -0.3 is 5.32 Å².